The van der Waals surface area contributed by atoms with E-state index >= 15 is 0 Å². The van der Waals surface area contributed by atoms with Crippen molar-refractivity contribution in [3.05, 3.63) is 22.4 Å². The zero-order chi connectivity index (χ0) is 11.1. The van der Waals surface area contributed by atoms with Gasteiger partial charge in [-0.3, -0.25) is 0 Å². The van der Waals surface area contributed by atoms with E-state index in [0.29, 0.717) is 0 Å². The zero-order valence-corrected chi connectivity index (χ0v) is 10.4. The lowest BCUT2D eigenvalue weighted by molar-refractivity contribution is 0.520. The monoisotopic (exact) mass is 239 g/mol. The van der Waals surface area contributed by atoms with E-state index in [4.69, 9.17) is 5.26 Å². The molecule has 3 nitrogen and oxygen atoms in total. The van der Waals surface area contributed by atoms with Crippen molar-refractivity contribution in [2.75, 3.05) is 19.8 Å². The molecule has 0 aliphatic rings. The van der Waals surface area contributed by atoms with Gasteiger partial charge in [-0.05, 0) is 24.1 Å². The second-order valence-corrected chi connectivity index (χ2v) is 4.76. The highest BCUT2D eigenvalue weighted by molar-refractivity contribution is 8.13. The van der Waals surface area contributed by atoms with E-state index in [0.717, 1.165) is 18.1 Å². The van der Waals surface area contributed by atoms with Crippen LogP contribution in [0.5, 0.6) is 0 Å². The Morgan fingerprint density at radius 1 is 1.73 bits per heavy atom. The molecule has 0 atom stereocenters. The predicted octanol–water partition coefficient (Wildman–Crippen LogP) is 2.42. The van der Waals surface area contributed by atoms with E-state index in [1.807, 2.05) is 24.4 Å². The number of nitrogens with zero attached hydrogens (tertiary/aromatic N) is 3. The lowest BCUT2D eigenvalue weighted by atomic mass is 10.3. The summed E-state index contributed by atoms with van der Waals surface area (Å²) >= 11 is 3.26. The topological polar surface area (TPSA) is 39.4 Å². The molecule has 1 heterocycles. The Balaban J connectivity index is 2.45. The largest absolute Gasteiger partial charge is 0.353 e. The van der Waals surface area contributed by atoms with E-state index in [1.54, 1.807) is 11.3 Å². The van der Waals surface area contributed by atoms with Crippen molar-refractivity contribution in [2.45, 2.75) is 6.42 Å². The Hall–Kier alpha value is -0.990. The van der Waals surface area contributed by atoms with Crippen molar-refractivity contribution in [3.8, 4) is 6.19 Å². The maximum absolute atomic E-state index is 8.49. The van der Waals surface area contributed by atoms with Gasteiger partial charge in [0.2, 0.25) is 6.19 Å². The van der Waals surface area contributed by atoms with Gasteiger partial charge in [0.05, 0.1) is 0 Å². The molecule has 0 unspecified atom stereocenters. The number of likely N-dealkylation sites (N-methyl/N-ethyl adjacent to an activating group) is 1. The van der Waals surface area contributed by atoms with Crippen LogP contribution in [0.15, 0.2) is 22.5 Å². The summed E-state index contributed by atoms with van der Waals surface area (Å²) < 4.78 is 0. The molecule has 5 heteroatoms. The van der Waals surface area contributed by atoms with Gasteiger partial charge in [0.1, 0.15) is 0 Å². The van der Waals surface area contributed by atoms with E-state index in [2.05, 4.69) is 22.5 Å². The third-order valence-electron chi connectivity index (χ3n) is 1.93. The molecule has 0 N–H and O–H groups in total. The van der Waals surface area contributed by atoms with Crippen LogP contribution in [0, 0.1) is 11.5 Å². The number of thioether (sulfide) groups is 1. The van der Waals surface area contributed by atoms with Crippen molar-refractivity contribution < 1.29 is 0 Å². The van der Waals surface area contributed by atoms with E-state index in [9.17, 15) is 0 Å². The normalized spacial score (nSPS) is 11.1. The molecular formula is C10H13N3S2. The van der Waals surface area contributed by atoms with Crippen LogP contribution in [0.25, 0.3) is 0 Å². The Morgan fingerprint density at radius 3 is 3.07 bits per heavy atom. The van der Waals surface area contributed by atoms with Gasteiger partial charge in [0, 0.05) is 18.5 Å². The molecule has 0 aliphatic carbocycles. The first kappa shape index (κ1) is 12.1. The van der Waals surface area contributed by atoms with Crippen molar-refractivity contribution in [1.29, 1.82) is 5.26 Å². The fraction of sp³-hybridized carbons (Fsp3) is 0.400. The fourth-order valence-electron chi connectivity index (χ4n) is 1.16. The van der Waals surface area contributed by atoms with Gasteiger partial charge < -0.3 is 4.90 Å². The summed E-state index contributed by atoms with van der Waals surface area (Å²) in [5.74, 6) is 0. The number of aliphatic imine (C=N–C) groups is 1. The van der Waals surface area contributed by atoms with Crippen LogP contribution in [0.4, 0.5) is 0 Å². The number of hydrogen-bond acceptors (Lipinski definition) is 4. The highest BCUT2D eigenvalue weighted by Gasteiger charge is 2.05. The van der Waals surface area contributed by atoms with Gasteiger partial charge in [-0.25, -0.2) is 0 Å². The minimum absolute atomic E-state index is 0.772. The molecule has 1 aromatic rings. The highest BCUT2D eigenvalue weighted by Crippen LogP contribution is 2.11. The summed E-state index contributed by atoms with van der Waals surface area (Å²) in [4.78, 5) is 7.12. The van der Waals surface area contributed by atoms with Crippen molar-refractivity contribution in [2.24, 2.45) is 4.99 Å². The number of rotatable bonds is 3. The van der Waals surface area contributed by atoms with Crippen LogP contribution in [0.3, 0.4) is 0 Å². The third kappa shape index (κ3) is 3.94. The number of thiophene rings is 1. The maximum atomic E-state index is 8.49. The minimum atomic E-state index is 0.772. The van der Waals surface area contributed by atoms with Gasteiger partial charge >= 0.3 is 0 Å². The molecule has 0 aromatic carbocycles. The molecule has 1 aromatic heterocycles. The van der Waals surface area contributed by atoms with Crippen LogP contribution in [-0.2, 0) is 6.42 Å². The molecule has 0 amide bonds. The van der Waals surface area contributed by atoms with Gasteiger partial charge in [-0.2, -0.15) is 5.26 Å². The number of hydrogen-bond donors (Lipinski definition) is 0. The number of amidine groups is 1. The van der Waals surface area contributed by atoms with Crippen LogP contribution in [-0.4, -0.2) is 29.9 Å². The molecule has 0 spiro atoms. The maximum Gasteiger partial charge on any atom is 0.208 e. The van der Waals surface area contributed by atoms with E-state index in [1.165, 1.54) is 16.6 Å². The second-order valence-electron chi connectivity index (χ2n) is 2.95. The van der Waals surface area contributed by atoms with E-state index < -0.39 is 0 Å². The standard InChI is InChI=1S/C10H13N3S2/c1-13(10(14-2)12-8-11)6-5-9-4-3-7-15-9/h3-4,7H,5-6H2,1-2H3. The van der Waals surface area contributed by atoms with Crippen LogP contribution in [0.2, 0.25) is 0 Å². The minimum Gasteiger partial charge on any atom is -0.353 e. The van der Waals surface area contributed by atoms with Crippen molar-refractivity contribution >= 4 is 28.3 Å². The van der Waals surface area contributed by atoms with Crippen molar-refractivity contribution in [3.63, 3.8) is 0 Å². The summed E-state index contributed by atoms with van der Waals surface area (Å²) in [5.41, 5.74) is 0. The first-order valence-corrected chi connectivity index (χ1v) is 6.62. The summed E-state index contributed by atoms with van der Waals surface area (Å²) in [5, 5.41) is 11.3. The Bertz CT molecular complexity index is 351. The van der Waals surface area contributed by atoms with Gasteiger partial charge in [0.15, 0.2) is 5.17 Å². The Labute approximate surface area is 98.4 Å². The SMILES string of the molecule is CSC(=NC#N)N(C)CCc1cccs1. The molecule has 0 bridgehead atoms. The fourth-order valence-corrected chi connectivity index (χ4v) is 2.39. The van der Waals surface area contributed by atoms with Crippen LogP contribution in [0.1, 0.15) is 4.88 Å². The van der Waals surface area contributed by atoms with E-state index in [-0.39, 0.29) is 0 Å². The number of nitriles is 1. The summed E-state index contributed by atoms with van der Waals surface area (Å²) in [6.07, 6.45) is 4.75. The Kier molecular flexibility index (Phi) is 5.22. The second kappa shape index (κ2) is 6.49. The van der Waals surface area contributed by atoms with Gasteiger partial charge in [0.25, 0.3) is 0 Å². The first-order valence-electron chi connectivity index (χ1n) is 4.52. The molecule has 0 saturated heterocycles. The third-order valence-corrected chi connectivity index (χ3v) is 3.63. The molecule has 15 heavy (non-hydrogen) atoms. The van der Waals surface area contributed by atoms with Crippen LogP contribution >= 0.6 is 23.1 Å². The molecule has 0 radical (unpaired) electrons. The van der Waals surface area contributed by atoms with Crippen LogP contribution < -0.4 is 0 Å². The average Bonchev–Trinajstić information content (AvgIpc) is 2.75. The molecule has 0 saturated carbocycles. The predicted molar refractivity (Wildman–Crippen MR) is 67.2 cm³/mol. The smallest absolute Gasteiger partial charge is 0.208 e. The van der Waals surface area contributed by atoms with Gasteiger partial charge in [-0.15, -0.1) is 16.3 Å². The summed E-state index contributed by atoms with van der Waals surface area (Å²) in [6.45, 7) is 0.891. The van der Waals surface area contributed by atoms with Crippen molar-refractivity contribution in [1.82, 2.24) is 4.90 Å². The average molecular weight is 239 g/mol. The molecule has 0 aliphatic heterocycles. The summed E-state index contributed by atoms with van der Waals surface area (Å²) in [6, 6.07) is 4.18. The summed E-state index contributed by atoms with van der Waals surface area (Å²) in [7, 11) is 1.96. The quantitative estimate of drug-likeness (QED) is 0.462. The first-order chi connectivity index (χ1) is 7.27. The highest BCUT2D eigenvalue weighted by atomic mass is 32.2. The zero-order valence-electron chi connectivity index (χ0n) is 8.80. The lowest BCUT2D eigenvalue weighted by Crippen LogP contribution is -2.26. The molecule has 80 valence electrons. The molecule has 0 fully saturated rings. The van der Waals surface area contributed by atoms with Gasteiger partial charge in [-0.1, -0.05) is 17.8 Å². The molecule has 1 rings (SSSR count). The lowest BCUT2D eigenvalue weighted by Gasteiger charge is -2.17. The Morgan fingerprint density at radius 2 is 2.53 bits per heavy atom. The molecular weight excluding hydrogens is 226 g/mol.